The number of thiazole rings is 1. The van der Waals surface area contributed by atoms with Gasteiger partial charge in [-0.1, -0.05) is 18.3 Å². The number of aldehydes is 1. The van der Waals surface area contributed by atoms with Crippen LogP contribution in [0.4, 0.5) is 5.13 Å². The Hall–Kier alpha value is -0.940. The summed E-state index contributed by atoms with van der Waals surface area (Å²) >= 11 is 3.19. The molecule has 3 nitrogen and oxygen atoms in total. The SMILES string of the molecule is CC1CCN(c2nc3sc(C=O)cc3s2)CC1. The van der Waals surface area contributed by atoms with Crippen LogP contribution in [-0.2, 0) is 0 Å². The maximum absolute atomic E-state index is 10.7. The second kappa shape index (κ2) is 4.38. The van der Waals surface area contributed by atoms with Gasteiger partial charge in [-0.3, -0.25) is 4.79 Å². The third-order valence-corrected chi connectivity index (χ3v) is 5.41. The lowest BCUT2D eigenvalue weighted by Gasteiger charge is -2.29. The van der Waals surface area contributed by atoms with Crippen LogP contribution in [0.15, 0.2) is 6.07 Å². The molecule has 2 aromatic rings. The Kier molecular flexibility index (Phi) is 2.88. The Bertz CT molecular complexity index is 506. The summed E-state index contributed by atoms with van der Waals surface area (Å²) in [5.41, 5.74) is 0. The molecule has 1 saturated heterocycles. The van der Waals surface area contributed by atoms with Gasteiger partial charge in [0.15, 0.2) is 11.4 Å². The zero-order chi connectivity index (χ0) is 11.8. The summed E-state index contributed by atoms with van der Waals surface area (Å²) in [4.78, 5) is 19.5. The van der Waals surface area contributed by atoms with Gasteiger partial charge >= 0.3 is 0 Å². The molecule has 0 aliphatic carbocycles. The summed E-state index contributed by atoms with van der Waals surface area (Å²) in [6.07, 6.45) is 3.42. The average Bonchev–Trinajstić information content (AvgIpc) is 2.87. The smallest absolute Gasteiger partial charge is 0.187 e. The first-order chi connectivity index (χ1) is 8.26. The van der Waals surface area contributed by atoms with Crippen LogP contribution in [0, 0.1) is 5.92 Å². The number of carbonyl (C=O) groups is 1. The summed E-state index contributed by atoms with van der Waals surface area (Å²) in [6, 6.07) is 1.95. The lowest BCUT2D eigenvalue weighted by Crippen LogP contribution is -2.32. The van der Waals surface area contributed by atoms with E-state index >= 15 is 0 Å². The molecule has 1 fully saturated rings. The number of thiophene rings is 1. The number of anilines is 1. The van der Waals surface area contributed by atoms with Crippen molar-refractivity contribution in [2.24, 2.45) is 5.92 Å². The number of nitrogens with zero attached hydrogens (tertiary/aromatic N) is 2. The molecule has 0 aromatic carbocycles. The fourth-order valence-corrected chi connectivity index (χ4v) is 4.22. The normalized spacial score (nSPS) is 17.8. The minimum absolute atomic E-state index is 0.776. The molecule has 90 valence electrons. The Labute approximate surface area is 108 Å². The maximum atomic E-state index is 10.7. The van der Waals surface area contributed by atoms with Crippen molar-refractivity contribution in [3.8, 4) is 0 Å². The summed E-state index contributed by atoms with van der Waals surface area (Å²) in [5, 5.41) is 1.12. The first kappa shape index (κ1) is 11.2. The van der Waals surface area contributed by atoms with Crippen LogP contribution in [0.3, 0.4) is 0 Å². The zero-order valence-corrected chi connectivity index (χ0v) is 11.3. The van der Waals surface area contributed by atoms with Gasteiger partial charge in [-0.05, 0) is 24.8 Å². The minimum atomic E-state index is 0.776. The van der Waals surface area contributed by atoms with Crippen molar-refractivity contribution in [1.82, 2.24) is 4.98 Å². The molecule has 5 heteroatoms. The number of hydrogen-bond donors (Lipinski definition) is 0. The molecule has 1 aliphatic rings. The Morgan fingerprint density at radius 1 is 1.41 bits per heavy atom. The number of piperidine rings is 1. The van der Waals surface area contributed by atoms with E-state index < -0.39 is 0 Å². The molecule has 0 bridgehead atoms. The minimum Gasteiger partial charge on any atom is -0.348 e. The van der Waals surface area contributed by atoms with Gasteiger partial charge in [0.05, 0.1) is 9.58 Å². The van der Waals surface area contributed by atoms with Crippen LogP contribution < -0.4 is 4.90 Å². The molecule has 1 aliphatic heterocycles. The number of aromatic nitrogens is 1. The second-order valence-electron chi connectivity index (χ2n) is 4.60. The molecule has 0 spiro atoms. The van der Waals surface area contributed by atoms with Crippen molar-refractivity contribution in [3.05, 3.63) is 10.9 Å². The van der Waals surface area contributed by atoms with Gasteiger partial charge in [0.1, 0.15) is 4.83 Å². The van der Waals surface area contributed by atoms with E-state index in [0.717, 1.165) is 44.8 Å². The number of carbonyl (C=O) groups excluding carboxylic acids is 1. The standard InChI is InChI=1S/C12H14N2OS2/c1-8-2-4-14(5-3-8)12-13-11-10(17-12)6-9(7-15)16-11/h6-8H,2-5H2,1H3. The number of rotatable bonds is 2. The van der Waals surface area contributed by atoms with Crippen molar-refractivity contribution in [1.29, 1.82) is 0 Å². The first-order valence-electron chi connectivity index (χ1n) is 5.87. The van der Waals surface area contributed by atoms with Gasteiger partial charge in [0.2, 0.25) is 0 Å². The third kappa shape index (κ3) is 2.09. The monoisotopic (exact) mass is 266 g/mol. The molecule has 3 rings (SSSR count). The van der Waals surface area contributed by atoms with Gasteiger partial charge in [0, 0.05) is 13.1 Å². The van der Waals surface area contributed by atoms with Crippen molar-refractivity contribution in [2.45, 2.75) is 19.8 Å². The number of hydrogen-bond acceptors (Lipinski definition) is 5. The van der Waals surface area contributed by atoms with Crippen LogP contribution in [-0.4, -0.2) is 24.4 Å². The molecule has 0 radical (unpaired) electrons. The van der Waals surface area contributed by atoms with Crippen LogP contribution in [0.5, 0.6) is 0 Å². The quantitative estimate of drug-likeness (QED) is 0.781. The lowest BCUT2D eigenvalue weighted by atomic mass is 10.00. The Morgan fingerprint density at radius 2 is 2.18 bits per heavy atom. The van der Waals surface area contributed by atoms with Gasteiger partial charge < -0.3 is 4.90 Å². The van der Waals surface area contributed by atoms with Crippen molar-refractivity contribution < 1.29 is 4.79 Å². The zero-order valence-electron chi connectivity index (χ0n) is 9.68. The van der Waals surface area contributed by atoms with E-state index in [0.29, 0.717) is 0 Å². The van der Waals surface area contributed by atoms with Gasteiger partial charge in [-0.25, -0.2) is 4.98 Å². The van der Waals surface area contributed by atoms with Gasteiger partial charge in [0.25, 0.3) is 0 Å². The number of fused-ring (bicyclic) bond motifs is 1. The van der Waals surface area contributed by atoms with Gasteiger partial charge in [-0.15, -0.1) is 11.3 Å². The predicted molar refractivity (Wildman–Crippen MR) is 73.5 cm³/mol. The Morgan fingerprint density at radius 3 is 2.82 bits per heavy atom. The predicted octanol–water partition coefficient (Wildman–Crippen LogP) is 3.41. The lowest BCUT2D eigenvalue weighted by molar-refractivity contribution is 0.112. The first-order valence-corrected chi connectivity index (χ1v) is 7.50. The molecular weight excluding hydrogens is 252 g/mol. The molecule has 0 amide bonds. The van der Waals surface area contributed by atoms with E-state index in [1.807, 2.05) is 6.07 Å². The topological polar surface area (TPSA) is 33.2 Å². The van der Waals surface area contributed by atoms with Crippen LogP contribution in [0.2, 0.25) is 0 Å². The van der Waals surface area contributed by atoms with Crippen molar-refractivity contribution >= 4 is 43.6 Å². The fourth-order valence-electron chi connectivity index (χ4n) is 2.13. The third-order valence-electron chi connectivity index (χ3n) is 3.27. The van der Waals surface area contributed by atoms with Crippen LogP contribution in [0.1, 0.15) is 29.4 Å². The van der Waals surface area contributed by atoms with E-state index in [4.69, 9.17) is 0 Å². The van der Waals surface area contributed by atoms with Gasteiger partial charge in [-0.2, -0.15) is 0 Å². The molecule has 0 N–H and O–H groups in total. The molecule has 0 unspecified atom stereocenters. The van der Waals surface area contributed by atoms with Crippen molar-refractivity contribution in [2.75, 3.05) is 18.0 Å². The largest absolute Gasteiger partial charge is 0.348 e. The summed E-state index contributed by atoms with van der Waals surface area (Å²) in [5.74, 6) is 0.842. The molecular formula is C12H14N2OS2. The highest BCUT2D eigenvalue weighted by Crippen LogP contribution is 2.35. The second-order valence-corrected chi connectivity index (χ2v) is 6.67. The van der Waals surface area contributed by atoms with Crippen LogP contribution in [0.25, 0.3) is 9.53 Å². The highest BCUT2D eigenvalue weighted by atomic mass is 32.1. The molecule has 3 heterocycles. The van der Waals surface area contributed by atoms with Crippen LogP contribution >= 0.6 is 22.7 Å². The van der Waals surface area contributed by atoms with Crippen molar-refractivity contribution in [3.63, 3.8) is 0 Å². The van der Waals surface area contributed by atoms with E-state index in [1.54, 1.807) is 11.3 Å². The van der Waals surface area contributed by atoms with E-state index in [-0.39, 0.29) is 0 Å². The Balaban J connectivity index is 1.85. The summed E-state index contributed by atoms with van der Waals surface area (Å²) in [7, 11) is 0. The molecule has 0 atom stereocenters. The highest BCUT2D eigenvalue weighted by Gasteiger charge is 2.19. The fraction of sp³-hybridized carbons (Fsp3) is 0.500. The highest BCUT2D eigenvalue weighted by molar-refractivity contribution is 7.29. The van der Waals surface area contributed by atoms with E-state index in [1.165, 1.54) is 24.2 Å². The van der Waals surface area contributed by atoms with E-state index in [9.17, 15) is 4.79 Å². The summed E-state index contributed by atoms with van der Waals surface area (Å²) in [6.45, 7) is 4.54. The molecule has 0 saturated carbocycles. The maximum Gasteiger partial charge on any atom is 0.187 e. The average molecular weight is 266 g/mol. The molecule has 17 heavy (non-hydrogen) atoms. The summed E-state index contributed by atoms with van der Waals surface area (Å²) < 4.78 is 1.14. The van der Waals surface area contributed by atoms with E-state index in [2.05, 4.69) is 16.8 Å². The molecule has 2 aromatic heterocycles.